The summed E-state index contributed by atoms with van der Waals surface area (Å²) in [6, 6.07) is 0. The van der Waals surface area contributed by atoms with Crippen LogP contribution in [0, 0.1) is 0 Å². The molecule has 0 amide bonds. The highest BCUT2D eigenvalue weighted by Crippen LogP contribution is 1.77. The van der Waals surface area contributed by atoms with E-state index in [2.05, 4.69) is 0 Å². The van der Waals surface area contributed by atoms with Gasteiger partial charge in [0, 0.05) is 13.1 Å². The Balaban J connectivity index is 3.26. The summed E-state index contributed by atoms with van der Waals surface area (Å²) in [6.07, 6.45) is 0. The van der Waals surface area contributed by atoms with Crippen molar-refractivity contribution >= 4 is 5.97 Å². The Kier molecular flexibility index (Phi) is 4.00. The van der Waals surface area contributed by atoms with Crippen molar-refractivity contribution in [2.75, 3.05) is 26.7 Å². The van der Waals surface area contributed by atoms with Crippen LogP contribution in [-0.2, 0) is 4.79 Å². The third kappa shape index (κ3) is 5.26. The first-order valence-corrected chi connectivity index (χ1v) is 2.77. The predicted octanol–water partition coefficient (Wildman–Crippen LogP) is -1.04. The van der Waals surface area contributed by atoms with E-state index in [1.165, 1.54) is 0 Å². The van der Waals surface area contributed by atoms with Gasteiger partial charge in [0.15, 0.2) is 0 Å². The van der Waals surface area contributed by atoms with E-state index in [-0.39, 0.29) is 6.54 Å². The Morgan fingerprint density at radius 2 is 2.33 bits per heavy atom. The molecule has 0 bridgehead atoms. The van der Waals surface area contributed by atoms with Gasteiger partial charge in [-0.3, -0.25) is 9.69 Å². The van der Waals surface area contributed by atoms with Gasteiger partial charge >= 0.3 is 5.97 Å². The normalized spacial score (nSPS) is 10.1. The van der Waals surface area contributed by atoms with Crippen LogP contribution >= 0.6 is 0 Å². The molecule has 9 heavy (non-hydrogen) atoms. The first-order chi connectivity index (χ1) is 4.16. The molecule has 0 saturated carbocycles. The second-order valence-electron chi connectivity index (χ2n) is 1.92. The van der Waals surface area contributed by atoms with E-state index < -0.39 is 5.97 Å². The lowest BCUT2D eigenvalue weighted by atomic mass is 10.5. The minimum atomic E-state index is -0.814. The Morgan fingerprint density at radius 3 is 2.67 bits per heavy atom. The lowest BCUT2D eigenvalue weighted by molar-refractivity contribution is -0.137. The number of hydrogen-bond acceptors (Lipinski definition) is 3. The van der Waals surface area contributed by atoms with E-state index in [1.807, 2.05) is 0 Å². The molecule has 0 radical (unpaired) electrons. The number of hydrogen-bond donors (Lipinski definition) is 2. The number of nitrogens with two attached hydrogens (primary N) is 1. The van der Waals surface area contributed by atoms with Crippen LogP contribution in [0.5, 0.6) is 0 Å². The van der Waals surface area contributed by atoms with Crippen LogP contribution in [0.4, 0.5) is 0 Å². The molecule has 0 aliphatic heterocycles. The van der Waals surface area contributed by atoms with Crippen molar-refractivity contribution in [3.63, 3.8) is 0 Å². The van der Waals surface area contributed by atoms with Crippen molar-refractivity contribution in [1.29, 1.82) is 0 Å². The van der Waals surface area contributed by atoms with Crippen molar-refractivity contribution < 1.29 is 9.90 Å². The second-order valence-corrected chi connectivity index (χ2v) is 1.92. The highest BCUT2D eigenvalue weighted by atomic mass is 16.4. The van der Waals surface area contributed by atoms with Crippen LogP contribution in [0.25, 0.3) is 0 Å². The Bertz CT molecular complexity index is 95.0. The Labute approximate surface area is 54.3 Å². The number of likely N-dealkylation sites (N-methyl/N-ethyl adjacent to an activating group) is 1. The number of carboxylic acid groups (broad SMARTS) is 1. The lowest BCUT2D eigenvalue weighted by Gasteiger charge is -2.10. The fourth-order valence-corrected chi connectivity index (χ4v) is 0.530. The summed E-state index contributed by atoms with van der Waals surface area (Å²) in [7, 11) is 1.72. The fraction of sp³-hybridized carbons (Fsp3) is 0.800. The summed E-state index contributed by atoms with van der Waals surface area (Å²) < 4.78 is 0. The van der Waals surface area contributed by atoms with Gasteiger partial charge in [0.05, 0.1) is 6.54 Å². The zero-order chi connectivity index (χ0) is 7.28. The second kappa shape index (κ2) is 4.29. The zero-order valence-corrected chi connectivity index (χ0v) is 5.50. The van der Waals surface area contributed by atoms with Gasteiger partial charge in [-0.1, -0.05) is 0 Å². The van der Waals surface area contributed by atoms with Gasteiger partial charge in [-0.05, 0) is 7.05 Å². The summed E-state index contributed by atoms with van der Waals surface area (Å²) in [5.74, 6) is -0.814. The van der Waals surface area contributed by atoms with E-state index >= 15 is 0 Å². The average Bonchev–Trinajstić information content (AvgIpc) is 1.63. The molecular formula is C5H12N2O2. The summed E-state index contributed by atoms with van der Waals surface area (Å²) in [5.41, 5.74) is 5.17. The number of nitrogens with zero attached hydrogens (tertiary/aromatic N) is 1. The number of carbonyl (C=O) groups is 1. The number of aliphatic carboxylic acids is 1. The fourth-order valence-electron chi connectivity index (χ4n) is 0.530. The van der Waals surface area contributed by atoms with Gasteiger partial charge in [-0.2, -0.15) is 0 Å². The molecule has 0 aromatic heterocycles. The number of rotatable bonds is 4. The first-order valence-electron chi connectivity index (χ1n) is 2.77. The quantitative estimate of drug-likeness (QED) is 0.513. The molecule has 0 aromatic carbocycles. The highest BCUT2D eigenvalue weighted by Gasteiger charge is 2.00. The standard InChI is InChI=1S/C5H12N2O2/c1-7(3-2-6)4-5(8)9/h2-4,6H2,1H3,(H,8,9). The van der Waals surface area contributed by atoms with E-state index in [9.17, 15) is 4.79 Å². The molecule has 0 aliphatic carbocycles. The molecule has 0 atom stereocenters. The van der Waals surface area contributed by atoms with E-state index in [0.717, 1.165) is 0 Å². The van der Waals surface area contributed by atoms with Gasteiger partial charge in [-0.15, -0.1) is 0 Å². The molecule has 0 spiro atoms. The monoisotopic (exact) mass is 132 g/mol. The van der Waals surface area contributed by atoms with Crippen LogP contribution in [0.1, 0.15) is 0 Å². The zero-order valence-electron chi connectivity index (χ0n) is 5.50. The van der Waals surface area contributed by atoms with Crippen molar-refractivity contribution in [1.82, 2.24) is 4.90 Å². The van der Waals surface area contributed by atoms with E-state index in [4.69, 9.17) is 10.8 Å². The van der Waals surface area contributed by atoms with Crippen molar-refractivity contribution in [3.05, 3.63) is 0 Å². The number of carboxylic acids is 1. The molecule has 0 saturated heterocycles. The molecular weight excluding hydrogens is 120 g/mol. The van der Waals surface area contributed by atoms with Gasteiger partial charge in [0.25, 0.3) is 0 Å². The molecule has 4 nitrogen and oxygen atoms in total. The van der Waals surface area contributed by atoms with Gasteiger partial charge in [-0.25, -0.2) is 0 Å². The van der Waals surface area contributed by atoms with E-state index in [1.54, 1.807) is 11.9 Å². The largest absolute Gasteiger partial charge is 0.480 e. The van der Waals surface area contributed by atoms with Gasteiger partial charge in [0.1, 0.15) is 0 Å². The van der Waals surface area contributed by atoms with Crippen LogP contribution in [0.2, 0.25) is 0 Å². The summed E-state index contributed by atoms with van der Waals surface area (Å²) in [4.78, 5) is 11.7. The lowest BCUT2D eigenvalue weighted by Crippen LogP contribution is -2.30. The molecule has 0 aliphatic rings. The molecule has 0 fully saturated rings. The average molecular weight is 132 g/mol. The first kappa shape index (κ1) is 8.39. The molecule has 4 heteroatoms. The molecule has 0 aromatic rings. The molecule has 0 unspecified atom stereocenters. The summed E-state index contributed by atoms with van der Waals surface area (Å²) in [6.45, 7) is 1.20. The summed E-state index contributed by atoms with van der Waals surface area (Å²) >= 11 is 0. The predicted molar refractivity (Wildman–Crippen MR) is 34.2 cm³/mol. The maximum atomic E-state index is 10.0. The van der Waals surface area contributed by atoms with Crippen LogP contribution in [-0.4, -0.2) is 42.7 Å². The van der Waals surface area contributed by atoms with Crippen molar-refractivity contribution in [3.8, 4) is 0 Å². The van der Waals surface area contributed by atoms with Gasteiger partial charge in [0.2, 0.25) is 0 Å². The van der Waals surface area contributed by atoms with Crippen molar-refractivity contribution in [2.45, 2.75) is 0 Å². The topological polar surface area (TPSA) is 66.6 Å². The van der Waals surface area contributed by atoms with Crippen LogP contribution < -0.4 is 5.73 Å². The summed E-state index contributed by atoms with van der Waals surface area (Å²) in [5, 5.41) is 8.23. The SMILES string of the molecule is CN(CCN)CC(=O)O. The maximum absolute atomic E-state index is 10.0. The van der Waals surface area contributed by atoms with Gasteiger partial charge < -0.3 is 10.8 Å². The highest BCUT2D eigenvalue weighted by molar-refractivity contribution is 5.68. The Hall–Kier alpha value is -0.610. The molecule has 3 N–H and O–H groups in total. The molecule has 0 rings (SSSR count). The van der Waals surface area contributed by atoms with Crippen LogP contribution in [0.3, 0.4) is 0 Å². The Morgan fingerprint density at radius 1 is 1.78 bits per heavy atom. The minimum Gasteiger partial charge on any atom is -0.480 e. The minimum absolute atomic E-state index is 0.0667. The van der Waals surface area contributed by atoms with Crippen molar-refractivity contribution in [2.24, 2.45) is 5.73 Å². The third-order valence-corrected chi connectivity index (χ3v) is 0.916. The third-order valence-electron chi connectivity index (χ3n) is 0.916. The van der Waals surface area contributed by atoms with Crippen LogP contribution in [0.15, 0.2) is 0 Å². The molecule has 54 valence electrons. The maximum Gasteiger partial charge on any atom is 0.317 e. The molecule has 0 heterocycles. The smallest absolute Gasteiger partial charge is 0.317 e. The van der Waals surface area contributed by atoms with E-state index in [0.29, 0.717) is 13.1 Å².